The molecule has 1 aromatic heterocycles. The Balaban J connectivity index is 2.21. The maximum Gasteiger partial charge on any atom is 0.149 e. The summed E-state index contributed by atoms with van der Waals surface area (Å²) in [5.41, 5.74) is -0.0791. The van der Waals surface area contributed by atoms with Gasteiger partial charge in [-0.1, -0.05) is 6.07 Å². The molecule has 0 amide bonds. The summed E-state index contributed by atoms with van der Waals surface area (Å²) in [6.45, 7) is 1.87. The highest BCUT2D eigenvalue weighted by Crippen LogP contribution is 2.29. The van der Waals surface area contributed by atoms with Gasteiger partial charge in [0.05, 0.1) is 6.04 Å². The van der Waals surface area contributed by atoms with Crippen LogP contribution >= 0.6 is 27.3 Å². The van der Waals surface area contributed by atoms with Crippen LogP contribution in [0.25, 0.3) is 0 Å². The second-order valence-corrected chi connectivity index (χ2v) is 5.49. The molecule has 0 bridgehead atoms. The summed E-state index contributed by atoms with van der Waals surface area (Å²) in [5.74, 6) is -1.15. The molecule has 1 unspecified atom stereocenters. The van der Waals surface area contributed by atoms with Gasteiger partial charge in [0, 0.05) is 14.7 Å². The summed E-state index contributed by atoms with van der Waals surface area (Å²) in [6, 6.07) is 5.62. The van der Waals surface area contributed by atoms with Gasteiger partial charge in [-0.05, 0) is 41.1 Å². The quantitative estimate of drug-likeness (QED) is 0.843. The minimum Gasteiger partial charge on any atom is -0.373 e. The standard InChI is InChI=1S/C12H10BrF2NS/c1-7(11-5-8(13)6-17-11)16-12-9(14)3-2-4-10(12)15/h2-7,16H,1H3. The van der Waals surface area contributed by atoms with Crippen molar-refractivity contribution in [1.82, 2.24) is 0 Å². The second-order valence-electron chi connectivity index (χ2n) is 3.63. The van der Waals surface area contributed by atoms with E-state index in [-0.39, 0.29) is 11.7 Å². The molecule has 1 nitrogen and oxygen atoms in total. The largest absolute Gasteiger partial charge is 0.373 e. The molecule has 2 aromatic rings. The number of nitrogens with one attached hydrogen (secondary N) is 1. The van der Waals surface area contributed by atoms with Crippen LogP contribution < -0.4 is 5.32 Å². The van der Waals surface area contributed by atoms with Crippen molar-refractivity contribution < 1.29 is 8.78 Å². The Morgan fingerprint density at radius 2 is 1.94 bits per heavy atom. The zero-order chi connectivity index (χ0) is 12.4. The molecule has 1 aromatic carbocycles. The number of thiophene rings is 1. The number of benzene rings is 1. The van der Waals surface area contributed by atoms with E-state index in [9.17, 15) is 8.78 Å². The molecule has 0 spiro atoms. The van der Waals surface area contributed by atoms with Crippen molar-refractivity contribution in [3.63, 3.8) is 0 Å². The normalized spacial score (nSPS) is 12.5. The van der Waals surface area contributed by atoms with Gasteiger partial charge < -0.3 is 5.32 Å². The number of hydrogen-bond donors (Lipinski definition) is 1. The predicted molar refractivity (Wildman–Crippen MR) is 70.4 cm³/mol. The van der Waals surface area contributed by atoms with E-state index >= 15 is 0 Å². The van der Waals surface area contributed by atoms with Crippen molar-refractivity contribution in [1.29, 1.82) is 0 Å². The van der Waals surface area contributed by atoms with Crippen LogP contribution in [0.4, 0.5) is 14.5 Å². The first-order valence-electron chi connectivity index (χ1n) is 5.02. The summed E-state index contributed by atoms with van der Waals surface area (Å²) in [4.78, 5) is 1.01. The molecule has 0 saturated carbocycles. The van der Waals surface area contributed by atoms with E-state index in [1.165, 1.54) is 29.5 Å². The van der Waals surface area contributed by atoms with Gasteiger partial charge in [0.15, 0.2) is 0 Å². The van der Waals surface area contributed by atoms with Gasteiger partial charge >= 0.3 is 0 Å². The van der Waals surface area contributed by atoms with Crippen LogP contribution in [0.15, 0.2) is 34.1 Å². The highest BCUT2D eigenvalue weighted by Gasteiger charge is 2.13. The topological polar surface area (TPSA) is 12.0 Å². The predicted octanol–water partition coefficient (Wildman–Crippen LogP) is 4.96. The fraction of sp³-hybridized carbons (Fsp3) is 0.167. The van der Waals surface area contributed by atoms with Gasteiger partial charge in [-0.2, -0.15) is 0 Å². The molecular weight excluding hydrogens is 308 g/mol. The molecule has 0 radical (unpaired) electrons. The number of anilines is 1. The van der Waals surface area contributed by atoms with Crippen LogP contribution in [-0.2, 0) is 0 Å². The molecule has 0 fully saturated rings. The lowest BCUT2D eigenvalue weighted by Crippen LogP contribution is -2.08. The van der Waals surface area contributed by atoms with Crippen LogP contribution in [0, 0.1) is 11.6 Å². The van der Waals surface area contributed by atoms with Gasteiger partial charge in [0.1, 0.15) is 17.3 Å². The molecule has 1 atom stereocenters. The highest BCUT2D eigenvalue weighted by molar-refractivity contribution is 9.10. The lowest BCUT2D eigenvalue weighted by Gasteiger charge is -2.14. The van der Waals surface area contributed by atoms with E-state index in [2.05, 4.69) is 21.2 Å². The first kappa shape index (κ1) is 12.5. The van der Waals surface area contributed by atoms with Crippen LogP contribution in [0.1, 0.15) is 17.8 Å². The first-order chi connectivity index (χ1) is 8.08. The number of para-hydroxylation sites is 1. The average molecular weight is 318 g/mol. The molecule has 0 aliphatic rings. The zero-order valence-corrected chi connectivity index (χ0v) is 11.4. The van der Waals surface area contributed by atoms with Crippen LogP contribution in [-0.4, -0.2) is 0 Å². The van der Waals surface area contributed by atoms with Crippen molar-refractivity contribution in [3.8, 4) is 0 Å². The Morgan fingerprint density at radius 3 is 2.47 bits per heavy atom. The molecule has 1 heterocycles. The molecule has 0 aliphatic heterocycles. The van der Waals surface area contributed by atoms with E-state index < -0.39 is 11.6 Å². The molecule has 0 aliphatic carbocycles. The van der Waals surface area contributed by atoms with Crippen LogP contribution in [0.2, 0.25) is 0 Å². The molecular formula is C12H10BrF2NS. The van der Waals surface area contributed by atoms with E-state index in [0.717, 1.165) is 9.35 Å². The fourth-order valence-corrected chi connectivity index (χ4v) is 2.93. The number of halogens is 3. The maximum atomic E-state index is 13.4. The summed E-state index contributed by atoms with van der Waals surface area (Å²) >= 11 is 4.88. The van der Waals surface area contributed by atoms with Crippen molar-refractivity contribution in [3.05, 3.63) is 50.6 Å². The van der Waals surface area contributed by atoms with E-state index in [1.807, 2.05) is 18.4 Å². The number of hydrogen-bond acceptors (Lipinski definition) is 2. The Hall–Kier alpha value is -0.940. The summed E-state index contributed by atoms with van der Waals surface area (Å²) in [6.07, 6.45) is 0. The Bertz CT molecular complexity index is 507. The molecule has 17 heavy (non-hydrogen) atoms. The van der Waals surface area contributed by atoms with Gasteiger partial charge in [-0.25, -0.2) is 8.78 Å². The van der Waals surface area contributed by atoms with Crippen LogP contribution in [0.3, 0.4) is 0 Å². The molecule has 5 heteroatoms. The SMILES string of the molecule is CC(Nc1c(F)cccc1F)c1cc(Br)cs1. The van der Waals surface area contributed by atoms with Gasteiger partial charge in [-0.15, -0.1) is 11.3 Å². The third kappa shape index (κ3) is 2.84. The average Bonchev–Trinajstić information content (AvgIpc) is 2.70. The third-order valence-corrected chi connectivity index (χ3v) is 4.21. The molecule has 90 valence electrons. The summed E-state index contributed by atoms with van der Waals surface area (Å²) < 4.78 is 27.8. The van der Waals surface area contributed by atoms with E-state index in [0.29, 0.717) is 0 Å². The fourth-order valence-electron chi connectivity index (χ4n) is 1.48. The maximum absolute atomic E-state index is 13.4. The third-order valence-electron chi connectivity index (χ3n) is 2.34. The van der Waals surface area contributed by atoms with Crippen molar-refractivity contribution in [2.45, 2.75) is 13.0 Å². The lowest BCUT2D eigenvalue weighted by molar-refractivity contribution is 0.585. The summed E-state index contributed by atoms with van der Waals surface area (Å²) in [7, 11) is 0. The molecule has 0 saturated heterocycles. The van der Waals surface area contributed by atoms with E-state index in [1.54, 1.807) is 0 Å². The minimum atomic E-state index is -0.576. The van der Waals surface area contributed by atoms with Crippen molar-refractivity contribution >= 4 is 33.0 Å². The van der Waals surface area contributed by atoms with Gasteiger partial charge in [-0.3, -0.25) is 0 Å². The number of rotatable bonds is 3. The Kier molecular flexibility index (Phi) is 3.79. The summed E-state index contributed by atoms with van der Waals surface area (Å²) in [5, 5.41) is 4.78. The Morgan fingerprint density at radius 1 is 1.29 bits per heavy atom. The van der Waals surface area contributed by atoms with Crippen LogP contribution in [0.5, 0.6) is 0 Å². The molecule has 1 N–H and O–H groups in total. The Labute approximate surface area is 111 Å². The zero-order valence-electron chi connectivity index (χ0n) is 9.01. The monoisotopic (exact) mass is 317 g/mol. The van der Waals surface area contributed by atoms with E-state index in [4.69, 9.17) is 0 Å². The second kappa shape index (κ2) is 5.14. The lowest BCUT2D eigenvalue weighted by atomic mass is 10.2. The van der Waals surface area contributed by atoms with Gasteiger partial charge in [0.25, 0.3) is 0 Å². The molecule has 2 rings (SSSR count). The first-order valence-corrected chi connectivity index (χ1v) is 6.69. The van der Waals surface area contributed by atoms with Gasteiger partial charge in [0.2, 0.25) is 0 Å². The highest BCUT2D eigenvalue weighted by atomic mass is 79.9. The minimum absolute atomic E-state index is 0.0791. The van der Waals surface area contributed by atoms with Crippen molar-refractivity contribution in [2.24, 2.45) is 0 Å². The van der Waals surface area contributed by atoms with Crippen molar-refractivity contribution in [2.75, 3.05) is 5.32 Å². The smallest absolute Gasteiger partial charge is 0.149 e.